The number of anilines is 1. The van der Waals surface area contributed by atoms with Crippen molar-refractivity contribution in [1.29, 1.82) is 0 Å². The number of nitrogens with two attached hydrogens (primary N) is 1. The quantitative estimate of drug-likeness (QED) is 0.645. The van der Waals surface area contributed by atoms with Crippen LogP contribution in [0.4, 0.5) is 10.5 Å². The lowest BCUT2D eigenvalue weighted by Crippen LogP contribution is -2.30. The first-order chi connectivity index (χ1) is 8.76. The van der Waals surface area contributed by atoms with Crippen LogP contribution in [0.25, 0.3) is 0 Å². The van der Waals surface area contributed by atoms with Gasteiger partial charge in [-0.25, -0.2) is 4.79 Å². The SMILES string of the molecule is CCOCCCNC(=O)Nc1cccc(CN)c1. The summed E-state index contributed by atoms with van der Waals surface area (Å²) in [7, 11) is 0. The monoisotopic (exact) mass is 251 g/mol. The van der Waals surface area contributed by atoms with E-state index in [1.54, 1.807) is 0 Å². The molecule has 0 aliphatic rings. The van der Waals surface area contributed by atoms with E-state index in [9.17, 15) is 4.79 Å². The maximum atomic E-state index is 11.6. The molecule has 0 radical (unpaired) electrons. The van der Waals surface area contributed by atoms with Gasteiger partial charge in [0.25, 0.3) is 0 Å². The molecule has 0 spiro atoms. The molecule has 0 saturated heterocycles. The zero-order valence-electron chi connectivity index (χ0n) is 10.7. The number of carbonyl (C=O) groups is 1. The lowest BCUT2D eigenvalue weighted by Gasteiger charge is -2.08. The molecular formula is C13H21N3O2. The molecule has 0 aromatic heterocycles. The molecule has 100 valence electrons. The van der Waals surface area contributed by atoms with Crippen LogP contribution >= 0.6 is 0 Å². The Bertz CT molecular complexity index is 369. The molecule has 0 fully saturated rings. The topological polar surface area (TPSA) is 76.4 Å². The van der Waals surface area contributed by atoms with E-state index >= 15 is 0 Å². The summed E-state index contributed by atoms with van der Waals surface area (Å²) < 4.78 is 5.18. The summed E-state index contributed by atoms with van der Waals surface area (Å²) in [6.07, 6.45) is 0.810. The summed E-state index contributed by atoms with van der Waals surface area (Å²) in [6.45, 7) is 4.38. The number of urea groups is 1. The number of nitrogens with one attached hydrogen (secondary N) is 2. The highest BCUT2D eigenvalue weighted by Gasteiger charge is 2.01. The van der Waals surface area contributed by atoms with Gasteiger partial charge in [-0.2, -0.15) is 0 Å². The van der Waals surface area contributed by atoms with Crippen molar-refractivity contribution in [3.05, 3.63) is 29.8 Å². The predicted molar refractivity (Wildman–Crippen MR) is 72.5 cm³/mol. The molecule has 2 amide bonds. The highest BCUT2D eigenvalue weighted by Crippen LogP contribution is 2.09. The minimum atomic E-state index is -0.208. The van der Waals surface area contributed by atoms with Gasteiger partial charge in [-0.1, -0.05) is 12.1 Å². The first-order valence-electron chi connectivity index (χ1n) is 6.18. The van der Waals surface area contributed by atoms with Gasteiger partial charge in [0.1, 0.15) is 0 Å². The second-order valence-electron chi connectivity index (χ2n) is 3.84. The van der Waals surface area contributed by atoms with E-state index in [-0.39, 0.29) is 6.03 Å². The molecular weight excluding hydrogens is 230 g/mol. The third-order valence-corrected chi connectivity index (χ3v) is 2.38. The van der Waals surface area contributed by atoms with Gasteiger partial charge in [-0.05, 0) is 31.0 Å². The Morgan fingerprint density at radius 1 is 1.44 bits per heavy atom. The van der Waals surface area contributed by atoms with Crippen LogP contribution in [0.3, 0.4) is 0 Å². The Morgan fingerprint density at radius 2 is 2.28 bits per heavy atom. The van der Waals surface area contributed by atoms with Crippen molar-refractivity contribution >= 4 is 11.7 Å². The molecule has 4 N–H and O–H groups in total. The fraction of sp³-hybridized carbons (Fsp3) is 0.462. The highest BCUT2D eigenvalue weighted by molar-refractivity contribution is 5.89. The van der Waals surface area contributed by atoms with Crippen LogP contribution in [0.1, 0.15) is 18.9 Å². The van der Waals surface area contributed by atoms with Crippen molar-refractivity contribution in [1.82, 2.24) is 5.32 Å². The minimum absolute atomic E-state index is 0.208. The van der Waals surface area contributed by atoms with E-state index in [1.807, 2.05) is 31.2 Å². The molecule has 0 saturated carbocycles. The van der Waals surface area contributed by atoms with Crippen LogP contribution in [0, 0.1) is 0 Å². The number of hydrogen-bond donors (Lipinski definition) is 3. The van der Waals surface area contributed by atoms with Crippen LogP contribution in [-0.4, -0.2) is 25.8 Å². The van der Waals surface area contributed by atoms with E-state index in [2.05, 4.69) is 10.6 Å². The second kappa shape index (κ2) is 8.49. The Kier molecular flexibility index (Phi) is 6.83. The van der Waals surface area contributed by atoms with E-state index in [0.717, 1.165) is 17.7 Å². The molecule has 0 aliphatic heterocycles. The highest BCUT2D eigenvalue weighted by atomic mass is 16.5. The van der Waals surface area contributed by atoms with E-state index in [4.69, 9.17) is 10.5 Å². The summed E-state index contributed by atoms with van der Waals surface area (Å²) in [6, 6.07) is 7.28. The molecule has 5 heteroatoms. The van der Waals surface area contributed by atoms with Crippen molar-refractivity contribution in [2.45, 2.75) is 19.9 Å². The van der Waals surface area contributed by atoms with Crippen molar-refractivity contribution in [2.75, 3.05) is 25.1 Å². The van der Waals surface area contributed by atoms with Crippen molar-refractivity contribution < 1.29 is 9.53 Å². The first-order valence-corrected chi connectivity index (χ1v) is 6.18. The Balaban J connectivity index is 2.26. The minimum Gasteiger partial charge on any atom is -0.382 e. The van der Waals surface area contributed by atoms with Gasteiger partial charge in [-0.3, -0.25) is 0 Å². The third kappa shape index (κ3) is 5.65. The molecule has 18 heavy (non-hydrogen) atoms. The third-order valence-electron chi connectivity index (χ3n) is 2.38. The number of ether oxygens (including phenoxy) is 1. The standard InChI is InChI=1S/C13H21N3O2/c1-2-18-8-4-7-15-13(17)16-12-6-3-5-11(9-12)10-14/h3,5-6,9H,2,4,7-8,10,14H2,1H3,(H2,15,16,17). The van der Waals surface area contributed by atoms with E-state index in [0.29, 0.717) is 26.3 Å². The lowest BCUT2D eigenvalue weighted by atomic mass is 10.2. The average molecular weight is 251 g/mol. The fourth-order valence-electron chi connectivity index (χ4n) is 1.47. The zero-order valence-corrected chi connectivity index (χ0v) is 10.7. The van der Waals surface area contributed by atoms with Crippen LogP contribution < -0.4 is 16.4 Å². The van der Waals surface area contributed by atoms with Crippen LogP contribution in [0.5, 0.6) is 0 Å². The summed E-state index contributed by atoms with van der Waals surface area (Å²) in [5.41, 5.74) is 7.27. The Labute approximate surface area is 108 Å². The Hall–Kier alpha value is -1.59. The number of carbonyl (C=O) groups excluding carboxylic acids is 1. The van der Waals surface area contributed by atoms with Crippen molar-refractivity contribution in [3.63, 3.8) is 0 Å². The maximum Gasteiger partial charge on any atom is 0.319 e. The summed E-state index contributed by atoms with van der Waals surface area (Å²) in [4.78, 5) is 11.6. The molecule has 1 aromatic carbocycles. The van der Waals surface area contributed by atoms with Gasteiger partial charge in [0.15, 0.2) is 0 Å². The molecule has 0 heterocycles. The molecule has 1 aromatic rings. The van der Waals surface area contributed by atoms with E-state index in [1.165, 1.54) is 0 Å². The van der Waals surface area contributed by atoms with E-state index < -0.39 is 0 Å². The van der Waals surface area contributed by atoms with Gasteiger partial charge in [0, 0.05) is 32.0 Å². The zero-order chi connectivity index (χ0) is 13.2. The van der Waals surface area contributed by atoms with Crippen molar-refractivity contribution in [3.8, 4) is 0 Å². The molecule has 1 rings (SSSR count). The molecule has 5 nitrogen and oxygen atoms in total. The summed E-state index contributed by atoms with van der Waals surface area (Å²) in [5, 5.41) is 5.53. The molecule has 0 atom stereocenters. The summed E-state index contributed by atoms with van der Waals surface area (Å²) in [5.74, 6) is 0. The van der Waals surface area contributed by atoms with Gasteiger partial charge < -0.3 is 21.1 Å². The number of amides is 2. The maximum absolute atomic E-state index is 11.6. The van der Waals surface area contributed by atoms with Gasteiger partial charge in [0.2, 0.25) is 0 Å². The first kappa shape index (κ1) is 14.5. The number of hydrogen-bond acceptors (Lipinski definition) is 3. The lowest BCUT2D eigenvalue weighted by molar-refractivity contribution is 0.145. The second-order valence-corrected chi connectivity index (χ2v) is 3.84. The largest absolute Gasteiger partial charge is 0.382 e. The van der Waals surface area contributed by atoms with Crippen LogP contribution in [-0.2, 0) is 11.3 Å². The van der Waals surface area contributed by atoms with Crippen LogP contribution in [0.2, 0.25) is 0 Å². The van der Waals surface area contributed by atoms with Crippen molar-refractivity contribution in [2.24, 2.45) is 5.73 Å². The van der Waals surface area contributed by atoms with Gasteiger partial charge in [-0.15, -0.1) is 0 Å². The molecule has 0 aliphatic carbocycles. The smallest absolute Gasteiger partial charge is 0.319 e. The van der Waals surface area contributed by atoms with Gasteiger partial charge >= 0.3 is 6.03 Å². The molecule has 0 bridgehead atoms. The van der Waals surface area contributed by atoms with Crippen LogP contribution in [0.15, 0.2) is 24.3 Å². The average Bonchev–Trinajstić information content (AvgIpc) is 2.38. The summed E-state index contributed by atoms with van der Waals surface area (Å²) >= 11 is 0. The van der Waals surface area contributed by atoms with Gasteiger partial charge in [0.05, 0.1) is 0 Å². The number of benzene rings is 1. The Morgan fingerprint density at radius 3 is 3.00 bits per heavy atom. The number of rotatable bonds is 7. The normalized spacial score (nSPS) is 10.1. The fourth-order valence-corrected chi connectivity index (χ4v) is 1.47. The predicted octanol–water partition coefficient (Wildman–Crippen LogP) is 1.69. The molecule has 0 unspecified atom stereocenters.